The molecule has 0 heterocycles. The predicted octanol–water partition coefficient (Wildman–Crippen LogP) is 19.1. The van der Waals surface area contributed by atoms with Gasteiger partial charge in [-0.15, -0.1) is 0 Å². The van der Waals surface area contributed by atoms with Crippen LogP contribution in [0.3, 0.4) is 0 Å². The van der Waals surface area contributed by atoms with E-state index in [0.29, 0.717) is 45.8 Å². The van der Waals surface area contributed by atoms with Crippen LogP contribution in [0, 0.1) is 0 Å². The van der Waals surface area contributed by atoms with E-state index < -0.39 is 61.8 Å². The molecule has 0 amide bonds. The van der Waals surface area contributed by atoms with Crippen molar-refractivity contribution in [2.75, 3.05) is 18.6 Å². The van der Waals surface area contributed by atoms with Crippen LogP contribution in [0.5, 0.6) is 0 Å². The first-order chi connectivity index (χ1) is 37.3. The molecule has 0 bridgehead atoms. The third-order valence-corrected chi connectivity index (χ3v) is 49.1. The summed E-state index contributed by atoms with van der Waals surface area (Å²) < 4.78 is 5.76. The van der Waals surface area contributed by atoms with Crippen molar-refractivity contribution in [1.29, 1.82) is 0 Å². The molecule has 78 heavy (non-hydrogen) atoms. The van der Waals surface area contributed by atoms with Gasteiger partial charge in [-0.2, -0.15) is 0 Å². The summed E-state index contributed by atoms with van der Waals surface area (Å²) in [4.78, 5) is 0. The molecular formula is C68H94Cl2Ge2N2P2Si2+2. The second kappa shape index (κ2) is 32.1. The monoisotopic (exact) mass is 1270 g/mol. The standard InChI is InChI=1S/2C31H43ClGeNPSi.C6H6/c2*1-23(2)29-20-15-21-30(24(3)4)31(29)34(33-32)36(25(5)6,26(7)8)22-35(27-16-11-9-12-17-27)28-18-13-10-14-19-28;1-2-4-6-5-3-1/h2*9-21,23-26H,22H2,1-8H3;1-6H/p+2. The van der Waals surface area contributed by atoms with Gasteiger partial charge in [0.15, 0.2) is 0 Å². The molecule has 0 N–H and O–H groups in total. The van der Waals surface area contributed by atoms with E-state index in [2.05, 4.69) is 276 Å². The predicted molar refractivity (Wildman–Crippen MR) is 366 cm³/mol. The smallest absolute Gasteiger partial charge is 0.0623 e. The van der Waals surface area contributed by atoms with Crippen LogP contribution in [0.15, 0.2) is 194 Å². The molecule has 10 heteroatoms. The van der Waals surface area contributed by atoms with Gasteiger partial charge in [-0.1, -0.05) is 36.4 Å². The average Bonchev–Trinajstić information content (AvgIpc) is 3.44. The first kappa shape index (κ1) is 65.9. The maximum atomic E-state index is 7.20. The summed E-state index contributed by atoms with van der Waals surface area (Å²) in [6.45, 7) is 38.6. The van der Waals surface area contributed by atoms with E-state index in [1.807, 2.05) is 36.4 Å². The van der Waals surface area contributed by atoms with Crippen LogP contribution in [0.2, 0.25) is 22.2 Å². The Hall–Kier alpha value is -2.90. The molecule has 0 spiro atoms. The third kappa shape index (κ3) is 16.2. The number of anilines is 2. The molecule has 0 aliphatic heterocycles. The van der Waals surface area contributed by atoms with Gasteiger partial charge < -0.3 is 0 Å². The second-order valence-corrected chi connectivity index (χ2v) is 46.3. The van der Waals surface area contributed by atoms with Crippen molar-refractivity contribution in [3.05, 3.63) is 216 Å². The molecule has 0 fully saturated rings. The van der Waals surface area contributed by atoms with Gasteiger partial charge in [0, 0.05) is 0 Å². The van der Waals surface area contributed by atoms with Crippen LogP contribution in [-0.4, -0.2) is 57.5 Å². The summed E-state index contributed by atoms with van der Waals surface area (Å²) in [6, 6.07) is 71.2. The summed E-state index contributed by atoms with van der Waals surface area (Å²) >= 11 is -1.67. The van der Waals surface area contributed by atoms with E-state index in [0.717, 1.165) is 0 Å². The van der Waals surface area contributed by atoms with E-state index in [-0.39, 0.29) is 0 Å². The Morgan fingerprint density at radius 1 is 0.308 bits per heavy atom. The molecule has 0 saturated heterocycles. The Balaban J connectivity index is 0.000000259. The minimum atomic E-state index is -2.10. The zero-order chi connectivity index (χ0) is 57.2. The summed E-state index contributed by atoms with van der Waals surface area (Å²) in [5, 5.41) is 6.07. The number of nitrogens with zero attached hydrogens (tertiary/aromatic N) is 2. The first-order valence-corrected chi connectivity index (χ1v) is 44.2. The van der Waals surface area contributed by atoms with Crippen molar-refractivity contribution in [2.45, 2.75) is 157 Å². The van der Waals surface area contributed by atoms with Gasteiger partial charge in [-0.05, 0) is 0 Å². The van der Waals surface area contributed by atoms with Crippen molar-refractivity contribution >= 4 is 114 Å². The quantitative estimate of drug-likeness (QED) is 0.0493. The van der Waals surface area contributed by atoms with Crippen LogP contribution in [-0.2, 0) is 0 Å². The van der Waals surface area contributed by atoms with Gasteiger partial charge in [0.1, 0.15) is 0 Å². The first-order valence-electron chi connectivity index (χ1n) is 28.8. The minimum Gasteiger partial charge on any atom is -0.0623 e. The summed E-state index contributed by atoms with van der Waals surface area (Å²) in [6.07, 6.45) is 0. The summed E-state index contributed by atoms with van der Waals surface area (Å²) in [5.74, 6) is 4.40. The van der Waals surface area contributed by atoms with Gasteiger partial charge in [0.25, 0.3) is 0 Å². The van der Waals surface area contributed by atoms with Crippen molar-refractivity contribution in [3.63, 3.8) is 0 Å². The molecule has 0 unspecified atom stereocenters. The molecule has 0 atom stereocenters. The maximum absolute atomic E-state index is 7.20. The van der Waals surface area contributed by atoms with Crippen molar-refractivity contribution in [1.82, 2.24) is 0 Å². The fraction of sp³-hybridized carbons (Fsp3) is 0.382. The molecule has 7 aromatic rings. The summed E-state index contributed by atoms with van der Waals surface area (Å²) in [5.41, 5.74) is 11.2. The molecule has 7 rings (SSSR count). The van der Waals surface area contributed by atoms with Crippen LogP contribution in [0.4, 0.5) is 11.4 Å². The van der Waals surface area contributed by atoms with E-state index in [9.17, 15) is 0 Å². The molecule has 4 radical (unpaired) electrons. The third-order valence-electron chi connectivity index (χ3n) is 16.2. The molecule has 7 aromatic carbocycles. The van der Waals surface area contributed by atoms with E-state index in [1.54, 1.807) is 0 Å². The Labute approximate surface area is 501 Å². The van der Waals surface area contributed by atoms with Crippen LogP contribution in [0.25, 0.3) is 0 Å². The second-order valence-electron chi connectivity index (χ2n) is 23.6. The van der Waals surface area contributed by atoms with Crippen molar-refractivity contribution in [3.8, 4) is 0 Å². The topological polar surface area (TPSA) is 6.48 Å². The minimum absolute atomic E-state index is 0.468. The number of hydrogen-bond donors (Lipinski definition) is 0. The van der Waals surface area contributed by atoms with Gasteiger partial charge in [-0.25, -0.2) is 0 Å². The normalized spacial score (nSPS) is 12.1. The van der Waals surface area contributed by atoms with Crippen molar-refractivity contribution in [2.24, 2.45) is 0 Å². The van der Waals surface area contributed by atoms with Gasteiger partial charge in [0.2, 0.25) is 0 Å². The number of rotatable bonds is 22. The van der Waals surface area contributed by atoms with E-state index >= 15 is 0 Å². The number of benzene rings is 7. The molecular weight excluding hydrogens is 1180 g/mol. The van der Waals surface area contributed by atoms with Crippen molar-refractivity contribution < 1.29 is 0 Å². The number of halogens is 2. The zero-order valence-corrected chi connectivity index (χ0v) is 59.9. The van der Waals surface area contributed by atoms with Crippen LogP contribution >= 0.6 is 35.9 Å². The van der Waals surface area contributed by atoms with E-state index in [1.165, 1.54) is 66.4 Å². The molecule has 0 aliphatic rings. The maximum Gasteiger partial charge on any atom is -0.0623 e. The Bertz CT molecular complexity index is 2440. The molecule has 2 nitrogen and oxygen atoms in total. The largest absolute Gasteiger partial charge is 0.0623 e. The van der Waals surface area contributed by atoms with Crippen LogP contribution in [0.1, 0.15) is 157 Å². The SMILES string of the molecule is CC(C)c1cccc(C(C)C)c1[N]([Ge][Cl])[Si](C[PH+](c1ccccc1)c1ccccc1)(C(C)C)C(C)C.CC(C)c1cccc(C(C)C)c1[N]([Ge][Cl])[Si](C[PH+](c1ccccc1)c1ccccc1)(C(C)C)C(C)C.c1ccccc1. The van der Waals surface area contributed by atoms with Gasteiger partial charge >= 0.3 is 470 Å². The molecule has 0 aliphatic carbocycles. The van der Waals surface area contributed by atoms with Crippen LogP contribution < -0.4 is 28.3 Å². The molecule has 0 saturated carbocycles. The number of hydrogen-bond acceptors (Lipinski definition) is 2. The Morgan fingerprint density at radius 3 is 0.667 bits per heavy atom. The molecule has 414 valence electrons. The fourth-order valence-electron chi connectivity index (χ4n) is 11.8. The van der Waals surface area contributed by atoms with Gasteiger partial charge in [-0.3, -0.25) is 0 Å². The average molecular weight is 1270 g/mol. The Morgan fingerprint density at radius 2 is 0.500 bits per heavy atom. The fourth-order valence-corrected chi connectivity index (χ4v) is 55.5. The zero-order valence-electron chi connectivity index (χ0n) is 50.2. The summed E-state index contributed by atoms with van der Waals surface area (Å²) in [7, 11) is 8.22. The number of para-hydroxylation sites is 2. The van der Waals surface area contributed by atoms with E-state index in [4.69, 9.17) is 20.0 Å². The molecule has 0 aromatic heterocycles. The van der Waals surface area contributed by atoms with Gasteiger partial charge in [0.05, 0.1) is 0 Å². The Kier molecular flexibility index (Phi) is 27.1.